The van der Waals surface area contributed by atoms with Gasteiger partial charge < -0.3 is 4.74 Å². The molecular formula is C11H18O3S. The summed E-state index contributed by atoms with van der Waals surface area (Å²) in [4.78, 5) is 22.9. The number of thiol groups is 1. The molecule has 0 aliphatic heterocycles. The summed E-state index contributed by atoms with van der Waals surface area (Å²) in [5.74, 6) is -0.902. The molecule has 0 aromatic carbocycles. The van der Waals surface area contributed by atoms with E-state index in [-0.39, 0.29) is 11.0 Å². The molecule has 0 aromatic rings. The predicted molar refractivity (Wildman–Crippen MR) is 60.7 cm³/mol. The van der Waals surface area contributed by atoms with Gasteiger partial charge in [-0.15, -0.1) is 12.6 Å². The number of carbonyl (C=O) groups excluding carboxylic acids is 2. The van der Waals surface area contributed by atoms with Gasteiger partial charge in [-0.1, -0.05) is 19.3 Å². The molecule has 15 heavy (non-hydrogen) atoms. The van der Waals surface area contributed by atoms with Crippen LogP contribution in [0.4, 0.5) is 0 Å². The highest BCUT2D eigenvalue weighted by molar-refractivity contribution is 7.96. The average molecular weight is 230 g/mol. The van der Waals surface area contributed by atoms with Crippen LogP contribution in [0.1, 0.15) is 39.0 Å². The second-order valence-electron chi connectivity index (χ2n) is 3.97. The number of carbonyl (C=O) groups is 2. The highest BCUT2D eigenvalue weighted by Gasteiger charge is 2.34. The van der Waals surface area contributed by atoms with Crippen LogP contribution >= 0.6 is 12.6 Å². The molecule has 1 rings (SSSR count). The number of ether oxygens (including phenoxy) is 1. The van der Waals surface area contributed by atoms with Gasteiger partial charge in [0.15, 0.2) is 5.12 Å². The monoisotopic (exact) mass is 230 g/mol. The molecule has 1 aliphatic rings. The van der Waals surface area contributed by atoms with Gasteiger partial charge in [0.2, 0.25) is 0 Å². The van der Waals surface area contributed by atoms with E-state index in [9.17, 15) is 9.59 Å². The Hall–Kier alpha value is -0.510. The minimum Gasteiger partial charge on any atom is -0.465 e. The molecule has 4 heteroatoms. The highest BCUT2D eigenvalue weighted by atomic mass is 32.1. The summed E-state index contributed by atoms with van der Waals surface area (Å²) >= 11 is 3.80. The molecule has 0 radical (unpaired) electrons. The van der Waals surface area contributed by atoms with Gasteiger partial charge in [0.05, 0.1) is 6.61 Å². The molecule has 0 heterocycles. The molecule has 0 spiro atoms. The van der Waals surface area contributed by atoms with Gasteiger partial charge in [-0.3, -0.25) is 9.59 Å². The van der Waals surface area contributed by atoms with E-state index in [2.05, 4.69) is 12.6 Å². The Labute approximate surface area is 96.0 Å². The van der Waals surface area contributed by atoms with Gasteiger partial charge in [-0.2, -0.15) is 0 Å². The topological polar surface area (TPSA) is 43.4 Å². The summed E-state index contributed by atoms with van der Waals surface area (Å²) in [7, 11) is 0. The van der Waals surface area contributed by atoms with Crippen LogP contribution in [0.15, 0.2) is 0 Å². The molecule has 0 saturated heterocycles. The van der Waals surface area contributed by atoms with Crippen molar-refractivity contribution in [3.8, 4) is 0 Å². The normalized spacial score (nSPS) is 19.6. The first-order chi connectivity index (χ1) is 7.16. The largest absolute Gasteiger partial charge is 0.465 e. The molecule has 1 fully saturated rings. The van der Waals surface area contributed by atoms with Crippen molar-refractivity contribution in [2.24, 2.45) is 11.8 Å². The number of rotatable bonds is 4. The third-order valence-corrected chi connectivity index (χ3v) is 3.21. The van der Waals surface area contributed by atoms with Gasteiger partial charge in [-0.25, -0.2) is 0 Å². The Bertz CT molecular complexity index is 234. The van der Waals surface area contributed by atoms with Crippen molar-refractivity contribution in [2.75, 3.05) is 6.61 Å². The lowest BCUT2D eigenvalue weighted by Gasteiger charge is -2.26. The Morgan fingerprint density at radius 1 is 1.33 bits per heavy atom. The van der Waals surface area contributed by atoms with Crippen LogP contribution < -0.4 is 0 Å². The lowest BCUT2D eigenvalue weighted by Crippen LogP contribution is -2.32. The zero-order valence-corrected chi connectivity index (χ0v) is 9.96. The summed E-state index contributed by atoms with van der Waals surface area (Å²) in [6.07, 6.45) is 5.28. The van der Waals surface area contributed by atoms with E-state index >= 15 is 0 Å². The van der Waals surface area contributed by atoms with Crippen LogP contribution in [0.2, 0.25) is 0 Å². The molecule has 0 N–H and O–H groups in total. The fraction of sp³-hybridized carbons (Fsp3) is 0.818. The summed E-state index contributed by atoms with van der Waals surface area (Å²) in [6.45, 7) is 2.07. The molecule has 0 aromatic heterocycles. The number of hydrogen-bond acceptors (Lipinski definition) is 3. The third kappa shape index (κ3) is 3.52. The molecule has 1 saturated carbocycles. The van der Waals surface area contributed by atoms with Crippen LogP contribution in [0, 0.1) is 11.8 Å². The second-order valence-corrected chi connectivity index (χ2v) is 4.41. The maximum absolute atomic E-state index is 11.6. The van der Waals surface area contributed by atoms with Gasteiger partial charge in [0.25, 0.3) is 0 Å². The fourth-order valence-electron chi connectivity index (χ4n) is 2.19. The maximum atomic E-state index is 11.6. The molecule has 1 atom stereocenters. The van der Waals surface area contributed by atoms with E-state index in [1.165, 1.54) is 6.42 Å². The van der Waals surface area contributed by atoms with Crippen molar-refractivity contribution in [3.05, 3.63) is 0 Å². The minimum atomic E-state index is -0.645. The Kier molecular flexibility index (Phi) is 5.15. The lowest BCUT2D eigenvalue weighted by molar-refractivity contribution is -0.152. The van der Waals surface area contributed by atoms with Crippen molar-refractivity contribution in [2.45, 2.75) is 39.0 Å². The molecular weight excluding hydrogens is 212 g/mol. The summed E-state index contributed by atoms with van der Waals surface area (Å²) in [5.41, 5.74) is 0. The molecule has 3 nitrogen and oxygen atoms in total. The Balaban J connectivity index is 2.63. The Morgan fingerprint density at radius 2 is 1.93 bits per heavy atom. The van der Waals surface area contributed by atoms with Gasteiger partial charge in [0, 0.05) is 0 Å². The van der Waals surface area contributed by atoms with E-state index in [4.69, 9.17) is 4.74 Å². The SMILES string of the molecule is CCOC(=O)C(C(=O)S)C1CCCCC1. The highest BCUT2D eigenvalue weighted by Crippen LogP contribution is 2.31. The van der Waals surface area contributed by atoms with Crippen molar-refractivity contribution in [3.63, 3.8) is 0 Å². The summed E-state index contributed by atoms with van der Waals surface area (Å²) in [5, 5.41) is -0.347. The van der Waals surface area contributed by atoms with E-state index < -0.39 is 11.9 Å². The zero-order valence-electron chi connectivity index (χ0n) is 9.07. The van der Waals surface area contributed by atoms with Crippen molar-refractivity contribution in [1.82, 2.24) is 0 Å². The van der Waals surface area contributed by atoms with Gasteiger partial charge in [0.1, 0.15) is 5.92 Å². The summed E-state index contributed by atoms with van der Waals surface area (Å²) < 4.78 is 4.91. The van der Waals surface area contributed by atoms with Crippen molar-refractivity contribution >= 4 is 23.7 Å². The molecule has 1 aliphatic carbocycles. The lowest BCUT2D eigenvalue weighted by atomic mass is 9.80. The quantitative estimate of drug-likeness (QED) is 0.457. The van der Waals surface area contributed by atoms with E-state index in [0.717, 1.165) is 25.7 Å². The zero-order chi connectivity index (χ0) is 11.3. The first-order valence-electron chi connectivity index (χ1n) is 5.56. The van der Waals surface area contributed by atoms with E-state index in [0.29, 0.717) is 6.61 Å². The van der Waals surface area contributed by atoms with E-state index in [1.54, 1.807) is 6.92 Å². The summed E-state index contributed by atoms with van der Waals surface area (Å²) in [6, 6.07) is 0. The smallest absolute Gasteiger partial charge is 0.317 e. The fourth-order valence-corrected chi connectivity index (χ4v) is 2.51. The molecule has 0 amide bonds. The predicted octanol–water partition coefficient (Wildman–Crippen LogP) is 2.20. The van der Waals surface area contributed by atoms with E-state index in [1.807, 2.05) is 0 Å². The van der Waals surface area contributed by atoms with Crippen LogP contribution in [-0.4, -0.2) is 17.7 Å². The van der Waals surface area contributed by atoms with Crippen LogP contribution in [0.3, 0.4) is 0 Å². The number of esters is 1. The molecule has 0 bridgehead atoms. The van der Waals surface area contributed by atoms with Gasteiger partial charge >= 0.3 is 5.97 Å². The first kappa shape index (κ1) is 12.6. The van der Waals surface area contributed by atoms with Crippen LogP contribution in [0.5, 0.6) is 0 Å². The van der Waals surface area contributed by atoms with Gasteiger partial charge in [-0.05, 0) is 25.7 Å². The number of hydrogen-bond donors (Lipinski definition) is 1. The standard InChI is InChI=1S/C11H18O3S/c1-2-14-10(12)9(11(13)15)8-6-4-3-5-7-8/h8-9H,2-7H2,1H3,(H,13,15). The second kappa shape index (κ2) is 6.16. The molecule has 86 valence electrons. The maximum Gasteiger partial charge on any atom is 0.317 e. The minimum absolute atomic E-state index is 0.141. The first-order valence-corrected chi connectivity index (χ1v) is 6.01. The van der Waals surface area contributed by atoms with Crippen molar-refractivity contribution in [1.29, 1.82) is 0 Å². The Morgan fingerprint density at radius 3 is 2.40 bits per heavy atom. The van der Waals surface area contributed by atoms with Crippen LogP contribution in [0.25, 0.3) is 0 Å². The van der Waals surface area contributed by atoms with Crippen LogP contribution in [-0.2, 0) is 14.3 Å². The molecule has 1 unspecified atom stereocenters. The average Bonchev–Trinajstić information content (AvgIpc) is 2.19. The third-order valence-electron chi connectivity index (χ3n) is 2.93. The van der Waals surface area contributed by atoms with Crippen molar-refractivity contribution < 1.29 is 14.3 Å².